The van der Waals surface area contributed by atoms with Gasteiger partial charge in [-0.05, 0) is 53.8 Å². The van der Waals surface area contributed by atoms with Crippen molar-refractivity contribution in [1.29, 1.82) is 0 Å². The van der Waals surface area contributed by atoms with Crippen molar-refractivity contribution in [2.45, 2.75) is 110 Å². The molecule has 2 heterocycles. The van der Waals surface area contributed by atoms with Crippen molar-refractivity contribution >= 4 is 35.3 Å². The standard InChI is InChI=1S/C34H49N7O6/c1-33(2,3)27(40-30(45)24(19-9-7-6-8-10-19)39-29(44)22-16-36-13-14-37-22)32(47)41-17-20-23(34(20,4)5)25(41)31(46)38-21(15-18-11-12-18)26(42)28(35)43/h13-14,16,18-21,23-25,27H,6-12,15,17H2,1-5H3,(H2,35,43)(H,38,46)(H,39,44)(H,40,45)/t20-,21?,23-,24-,25-,27+/m0/s1. The van der Waals surface area contributed by atoms with Crippen LogP contribution in [0.25, 0.3) is 0 Å². The minimum atomic E-state index is -1.10. The van der Waals surface area contributed by atoms with Crippen LogP contribution in [0, 0.1) is 34.5 Å². The van der Waals surface area contributed by atoms with Crippen molar-refractivity contribution < 1.29 is 28.8 Å². The van der Waals surface area contributed by atoms with Gasteiger partial charge in [-0.25, -0.2) is 4.98 Å². The molecule has 0 bridgehead atoms. The van der Waals surface area contributed by atoms with Gasteiger partial charge in [0, 0.05) is 18.9 Å². The first kappa shape index (κ1) is 34.4. The third-order valence-corrected chi connectivity index (χ3v) is 10.8. The number of nitrogens with one attached hydrogen (secondary N) is 3. The maximum atomic E-state index is 14.5. The Kier molecular flexibility index (Phi) is 9.75. The fourth-order valence-corrected chi connectivity index (χ4v) is 7.70. The van der Waals surface area contributed by atoms with Crippen LogP contribution in [-0.2, 0) is 24.0 Å². The van der Waals surface area contributed by atoms with E-state index < -0.39 is 64.9 Å². The summed E-state index contributed by atoms with van der Waals surface area (Å²) in [7, 11) is 0. The number of Topliss-reactive ketones (excluding diaryl/α,β-unsaturated/α-hetero) is 1. The Morgan fingerprint density at radius 2 is 1.66 bits per heavy atom. The van der Waals surface area contributed by atoms with Crippen molar-refractivity contribution in [3.63, 3.8) is 0 Å². The van der Waals surface area contributed by atoms with E-state index in [1.165, 1.54) is 23.5 Å². The van der Waals surface area contributed by atoms with E-state index in [1.54, 1.807) is 0 Å². The van der Waals surface area contributed by atoms with Crippen LogP contribution < -0.4 is 21.7 Å². The van der Waals surface area contributed by atoms with Crippen molar-refractivity contribution in [2.75, 3.05) is 6.54 Å². The number of primary amides is 1. The fraction of sp³-hybridized carbons (Fsp3) is 0.706. The average Bonchev–Trinajstić information content (AvgIpc) is 3.89. The van der Waals surface area contributed by atoms with Gasteiger partial charge in [-0.15, -0.1) is 0 Å². The number of hydrogen-bond donors (Lipinski definition) is 4. The first-order valence-corrected chi connectivity index (χ1v) is 16.9. The van der Waals surface area contributed by atoms with Gasteiger partial charge in [-0.2, -0.15) is 0 Å². The Hall–Kier alpha value is -3.90. The molecule has 13 nitrogen and oxygen atoms in total. The number of piperidine rings is 1. The molecule has 5 rings (SSSR count). The third kappa shape index (κ3) is 7.49. The minimum absolute atomic E-state index is 0.0634. The monoisotopic (exact) mass is 651 g/mol. The number of fused-ring (bicyclic) bond motifs is 1. The molecule has 13 heteroatoms. The van der Waals surface area contributed by atoms with Gasteiger partial charge in [-0.3, -0.25) is 33.8 Å². The molecule has 4 fully saturated rings. The molecule has 1 saturated heterocycles. The van der Waals surface area contributed by atoms with E-state index in [1.807, 2.05) is 20.8 Å². The Morgan fingerprint density at radius 1 is 0.979 bits per heavy atom. The summed E-state index contributed by atoms with van der Waals surface area (Å²) in [6, 6.07) is -3.83. The predicted molar refractivity (Wildman–Crippen MR) is 171 cm³/mol. The SMILES string of the molecule is CC(C)(C)[C@H](NC(=O)[C@@H](NC(=O)c1cnccn1)C1CCCCC1)C(=O)N1C[C@H]2[C@@H]([C@H]1C(=O)NC(CC1CC1)C(=O)C(N)=O)C2(C)C. The molecule has 5 N–H and O–H groups in total. The smallest absolute Gasteiger partial charge is 0.287 e. The van der Waals surface area contributed by atoms with E-state index >= 15 is 0 Å². The van der Waals surface area contributed by atoms with Gasteiger partial charge < -0.3 is 26.6 Å². The predicted octanol–water partition coefficient (Wildman–Crippen LogP) is 1.51. The van der Waals surface area contributed by atoms with Crippen LogP contribution >= 0.6 is 0 Å². The van der Waals surface area contributed by atoms with Crippen LogP contribution in [0.3, 0.4) is 0 Å². The highest BCUT2D eigenvalue weighted by Gasteiger charge is 2.70. The summed E-state index contributed by atoms with van der Waals surface area (Å²) in [5.41, 5.74) is 4.45. The van der Waals surface area contributed by atoms with Crippen LogP contribution in [0.2, 0.25) is 0 Å². The molecule has 1 aliphatic heterocycles. The third-order valence-electron chi connectivity index (χ3n) is 10.8. The zero-order valence-electron chi connectivity index (χ0n) is 28.1. The van der Waals surface area contributed by atoms with Crippen LogP contribution in [-0.4, -0.2) is 80.9 Å². The lowest BCUT2D eigenvalue weighted by molar-refractivity contribution is -0.146. The summed E-state index contributed by atoms with van der Waals surface area (Å²) in [5.74, 6) is -3.80. The minimum Gasteiger partial charge on any atom is -0.363 e. The van der Waals surface area contributed by atoms with E-state index in [2.05, 4.69) is 39.8 Å². The molecule has 1 unspecified atom stereocenters. The molecule has 1 aromatic heterocycles. The number of carbonyl (C=O) groups is 6. The molecule has 3 saturated carbocycles. The zero-order chi connectivity index (χ0) is 34.3. The van der Waals surface area contributed by atoms with Crippen LogP contribution in [0.15, 0.2) is 18.6 Å². The quantitative estimate of drug-likeness (QED) is 0.244. The summed E-state index contributed by atoms with van der Waals surface area (Å²) in [6.07, 6.45) is 10.8. The number of likely N-dealkylation sites (tertiary alicyclic amines) is 1. The van der Waals surface area contributed by atoms with Gasteiger partial charge in [0.05, 0.1) is 12.2 Å². The molecule has 0 aromatic carbocycles. The van der Waals surface area contributed by atoms with Crippen molar-refractivity contribution in [3.05, 3.63) is 24.3 Å². The normalized spacial score (nSPS) is 25.5. The molecular weight excluding hydrogens is 602 g/mol. The van der Waals surface area contributed by atoms with Gasteiger partial charge in [-0.1, -0.05) is 66.7 Å². The van der Waals surface area contributed by atoms with E-state index in [0.29, 0.717) is 13.0 Å². The molecule has 1 aromatic rings. The number of carbonyl (C=O) groups excluding carboxylic acids is 6. The van der Waals surface area contributed by atoms with E-state index in [4.69, 9.17) is 5.73 Å². The Morgan fingerprint density at radius 3 is 2.23 bits per heavy atom. The van der Waals surface area contributed by atoms with Gasteiger partial charge in [0.25, 0.3) is 11.8 Å². The Balaban J connectivity index is 1.37. The Bertz CT molecular complexity index is 1400. The molecule has 6 atom stereocenters. The van der Waals surface area contributed by atoms with Crippen molar-refractivity contribution in [1.82, 2.24) is 30.8 Å². The molecular formula is C34H49N7O6. The van der Waals surface area contributed by atoms with Crippen LogP contribution in [0.1, 0.15) is 96.5 Å². The summed E-state index contributed by atoms with van der Waals surface area (Å²) in [6.45, 7) is 9.96. The number of nitrogens with two attached hydrogens (primary N) is 1. The molecule has 4 aliphatic rings. The van der Waals surface area contributed by atoms with Gasteiger partial charge >= 0.3 is 0 Å². The second-order valence-corrected chi connectivity index (χ2v) is 15.6. The molecule has 0 radical (unpaired) electrons. The zero-order valence-corrected chi connectivity index (χ0v) is 28.1. The van der Waals surface area contributed by atoms with E-state index in [9.17, 15) is 28.8 Å². The summed E-state index contributed by atoms with van der Waals surface area (Å²) >= 11 is 0. The summed E-state index contributed by atoms with van der Waals surface area (Å²) in [5, 5.41) is 8.63. The van der Waals surface area contributed by atoms with E-state index in [-0.39, 0.29) is 34.8 Å². The molecule has 47 heavy (non-hydrogen) atoms. The van der Waals surface area contributed by atoms with Crippen LogP contribution in [0.4, 0.5) is 0 Å². The highest BCUT2D eigenvalue weighted by atomic mass is 16.2. The second-order valence-electron chi connectivity index (χ2n) is 15.6. The van der Waals surface area contributed by atoms with Gasteiger partial charge in [0.1, 0.15) is 23.8 Å². The highest BCUT2D eigenvalue weighted by molar-refractivity contribution is 6.37. The van der Waals surface area contributed by atoms with Crippen molar-refractivity contribution in [3.8, 4) is 0 Å². The second kappa shape index (κ2) is 13.3. The summed E-state index contributed by atoms with van der Waals surface area (Å²) in [4.78, 5) is 89.6. The van der Waals surface area contributed by atoms with Crippen LogP contribution in [0.5, 0.6) is 0 Å². The maximum Gasteiger partial charge on any atom is 0.287 e. The number of nitrogens with zero attached hydrogens (tertiary/aromatic N) is 3. The van der Waals surface area contributed by atoms with Crippen molar-refractivity contribution in [2.24, 2.45) is 40.2 Å². The molecule has 256 valence electrons. The topological polar surface area (TPSA) is 194 Å². The number of hydrogen-bond acceptors (Lipinski definition) is 8. The number of amides is 5. The first-order chi connectivity index (χ1) is 22.1. The highest BCUT2D eigenvalue weighted by Crippen LogP contribution is 2.65. The lowest BCUT2D eigenvalue weighted by atomic mass is 9.82. The fourth-order valence-electron chi connectivity index (χ4n) is 7.70. The first-order valence-electron chi connectivity index (χ1n) is 16.9. The lowest BCUT2D eigenvalue weighted by Gasteiger charge is -2.39. The van der Waals surface area contributed by atoms with Gasteiger partial charge in [0.2, 0.25) is 23.5 Å². The van der Waals surface area contributed by atoms with E-state index in [0.717, 1.165) is 44.9 Å². The number of rotatable bonds is 12. The molecule has 3 aliphatic carbocycles. The largest absolute Gasteiger partial charge is 0.363 e. The molecule has 0 spiro atoms. The summed E-state index contributed by atoms with van der Waals surface area (Å²) < 4.78 is 0. The average molecular weight is 652 g/mol. The molecule has 5 amide bonds. The number of aromatic nitrogens is 2. The lowest BCUT2D eigenvalue weighted by Crippen LogP contribution is -2.62. The number of ketones is 1. The maximum absolute atomic E-state index is 14.5. The van der Waals surface area contributed by atoms with Gasteiger partial charge in [0.15, 0.2) is 0 Å². The Labute approximate surface area is 276 Å².